The summed E-state index contributed by atoms with van der Waals surface area (Å²) in [6.07, 6.45) is 3.15. The van der Waals surface area contributed by atoms with Crippen molar-refractivity contribution in [3.8, 4) is 0 Å². The number of nitrogens with zero attached hydrogens (tertiary/aromatic N) is 3. The molecule has 1 amide bonds. The lowest BCUT2D eigenvalue weighted by Gasteiger charge is -2.31. The number of hydrogen-bond donors (Lipinski definition) is 1. The molecule has 118 valence electrons. The van der Waals surface area contributed by atoms with Crippen LogP contribution in [0.25, 0.3) is 4.96 Å². The minimum atomic E-state index is -0.303. The first-order chi connectivity index (χ1) is 10.5. The number of thiazole rings is 1. The van der Waals surface area contributed by atoms with Crippen molar-refractivity contribution in [2.24, 2.45) is 5.92 Å². The van der Waals surface area contributed by atoms with Crippen molar-refractivity contribution in [2.75, 3.05) is 19.7 Å². The van der Waals surface area contributed by atoms with E-state index in [9.17, 15) is 14.7 Å². The second-order valence-electron chi connectivity index (χ2n) is 5.78. The van der Waals surface area contributed by atoms with E-state index < -0.39 is 0 Å². The molecule has 0 bridgehead atoms. The Bertz CT molecular complexity index is 780. The van der Waals surface area contributed by atoms with Crippen LogP contribution in [0.1, 0.15) is 33.8 Å². The average molecular weight is 321 g/mol. The highest BCUT2D eigenvalue weighted by molar-refractivity contribution is 7.17. The van der Waals surface area contributed by atoms with Crippen LogP contribution in [0.4, 0.5) is 0 Å². The molecule has 3 rings (SSSR count). The summed E-state index contributed by atoms with van der Waals surface area (Å²) in [6, 6.07) is 0. The summed E-state index contributed by atoms with van der Waals surface area (Å²) in [5, 5.41) is 9.28. The van der Waals surface area contributed by atoms with Gasteiger partial charge in [-0.3, -0.25) is 14.0 Å². The Labute approximate surface area is 132 Å². The minimum Gasteiger partial charge on any atom is -0.396 e. The van der Waals surface area contributed by atoms with E-state index in [1.165, 1.54) is 21.9 Å². The zero-order chi connectivity index (χ0) is 15.9. The maximum atomic E-state index is 12.6. The number of carbonyl (C=O) groups is 1. The summed E-state index contributed by atoms with van der Waals surface area (Å²) >= 11 is 1.45. The molecule has 1 N–H and O–H groups in total. The number of aliphatic hydroxyl groups is 1. The van der Waals surface area contributed by atoms with Crippen molar-refractivity contribution in [2.45, 2.75) is 26.7 Å². The van der Waals surface area contributed by atoms with Crippen LogP contribution in [0, 0.1) is 19.8 Å². The van der Waals surface area contributed by atoms with Crippen molar-refractivity contribution < 1.29 is 9.90 Å². The van der Waals surface area contributed by atoms with Gasteiger partial charge in [-0.1, -0.05) is 0 Å². The molecule has 0 saturated carbocycles. The molecule has 1 aliphatic rings. The Morgan fingerprint density at radius 1 is 1.50 bits per heavy atom. The Hall–Kier alpha value is -1.73. The normalized spacial score (nSPS) is 18.9. The number of rotatable bonds is 2. The van der Waals surface area contributed by atoms with Gasteiger partial charge in [-0.15, -0.1) is 11.3 Å². The molecule has 3 heterocycles. The van der Waals surface area contributed by atoms with Gasteiger partial charge in [0.05, 0.1) is 0 Å². The highest BCUT2D eigenvalue weighted by Gasteiger charge is 2.26. The SMILES string of the molecule is Cc1sc2ncc(C(=O)N3CCCC(CO)C3)c(=O)n2c1C. The number of piperidine rings is 1. The number of carbonyl (C=O) groups excluding carboxylic acids is 1. The van der Waals surface area contributed by atoms with Crippen molar-refractivity contribution in [3.63, 3.8) is 0 Å². The van der Waals surface area contributed by atoms with E-state index in [-0.39, 0.29) is 29.6 Å². The predicted molar refractivity (Wildman–Crippen MR) is 84.5 cm³/mol. The van der Waals surface area contributed by atoms with Gasteiger partial charge < -0.3 is 10.0 Å². The van der Waals surface area contributed by atoms with Crippen LogP contribution in [0.2, 0.25) is 0 Å². The van der Waals surface area contributed by atoms with Gasteiger partial charge in [0.25, 0.3) is 11.5 Å². The first kappa shape index (κ1) is 15.2. The maximum absolute atomic E-state index is 12.6. The minimum absolute atomic E-state index is 0.0723. The number of aryl methyl sites for hydroxylation is 2. The maximum Gasteiger partial charge on any atom is 0.271 e. The second-order valence-corrected chi connectivity index (χ2v) is 6.96. The average Bonchev–Trinajstić information content (AvgIpc) is 2.82. The fourth-order valence-electron chi connectivity index (χ4n) is 2.89. The van der Waals surface area contributed by atoms with Crippen molar-refractivity contribution in [1.29, 1.82) is 0 Å². The summed E-state index contributed by atoms with van der Waals surface area (Å²) in [5.74, 6) is -0.185. The summed E-state index contributed by atoms with van der Waals surface area (Å²) in [4.78, 5) is 32.8. The molecular weight excluding hydrogens is 302 g/mol. The van der Waals surface area contributed by atoms with Gasteiger partial charge in [0.1, 0.15) is 5.56 Å². The van der Waals surface area contributed by atoms with Gasteiger partial charge in [0, 0.05) is 36.5 Å². The van der Waals surface area contributed by atoms with E-state index in [1.54, 1.807) is 4.90 Å². The van der Waals surface area contributed by atoms with Crippen LogP contribution < -0.4 is 5.56 Å². The van der Waals surface area contributed by atoms with E-state index in [4.69, 9.17) is 0 Å². The van der Waals surface area contributed by atoms with Crippen molar-refractivity contribution >= 4 is 22.2 Å². The summed E-state index contributed by atoms with van der Waals surface area (Å²) in [6.45, 7) is 4.99. The molecule has 22 heavy (non-hydrogen) atoms. The van der Waals surface area contributed by atoms with Crippen LogP contribution >= 0.6 is 11.3 Å². The molecule has 6 nitrogen and oxygen atoms in total. The van der Waals surface area contributed by atoms with E-state index in [1.807, 2.05) is 13.8 Å². The smallest absolute Gasteiger partial charge is 0.271 e. The molecule has 0 aliphatic carbocycles. The molecule has 0 spiro atoms. The summed E-state index contributed by atoms with van der Waals surface area (Å²) in [7, 11) is 0. The standard InChI is InChI=1S/C15H19N3O3S/c1-9-10(2)22-15-16-6-12(14(21)18(9)15)13(20)17-5-3-4-11(7-17)8-19/h6,11,19H,3-5,7-8H2,1-2H3. The van der Waals surface area contributed by atoms with Gasteiger partial charge in [0.2, 0.25) is 0 Å². The number of aliphatic hydroxyl groups excluding tert-OH is 1. The molecule has 0 aromatic carbocycles. The molecule has 1 fully saturated rings. The quantitative estimate of drug-likeness (QED) is 0.902. The van der Waals surface area contributed by atoms with Gasteiger partial charge >= 0.3 is 0 Å². The largest absolute Gasteiger partial charge is 0.396 e. The molecule has 1 aliphatic heterocycles. The zero-order valence-electron chi connectivity index (χ0n) is 12.7. The topological polar surface area (TPSA) is 74.9 Å². The Morgan fingerprint density at radius 3 is 3.00 bits per heavy atom. The molecule has 1 atom stereocenters. The first-order valence-corrected chi connectivity index (χ1v) is 8.22. The van der Waals surface area contributed by atoms with Gasteiger partial charge in [-0.2, -0.15) is 0 Å². The van der Waals surface area contributed by atoms with Crippen molar-refractivity contribution in [1.82, 2.24) is 14.3 Å². The monoisotopic (exact) mass is 321 g/mol. The third-order valence-corrected chi connectivity index (χ3v) is 5.39. The van der Waals surface area contributed by atoms with Crippen LogP contribution in [0.5, 0.6) is 0 Å². The van der Waals surface area contributed by atoms with Gasteiger partial charge in [-0.05, 0) is 32.6 Å². The first-order valence-electron chi connectivity index (χ1n) is 7.40. The van der Waals surface area contributed by atoms with Crippen LogP contribution in [-0.4, -0.2) is 45.0 Å². The fourth-order valence-corrected chi connectivity index (χ4v) is 3.82. The lowest BCUT2D eigenvalue weighted by Crippen LogP contribution is -2.43. The van der Waals surface area contributed by atoms with Crippen molar-refractivity contribution in [3.05, 3.63) is 32.7 Å². The molecule has 7 heteroatoms. The third kappa shape index (κ3) is 2.44. The van der Waals surface area contributed by atoms with Gasteiger partial charge in [0.15, 0.2) is 4.96 Å². The number of amides is 1. The second kappa shape index (κ2) is 5.81. The lowest BCUT2D eigenvalue weighted by atomic mass is 9.98. The zero-order valence-corrected chi connectivity index (χ0v) is 13.5. The molecule has 1 saturated heterocycles. The Morgan fingerprint density at radius 2 is 2.27 bits per heavy atom. The summed E-state index contributed by atoms with van der Waals surface area (Å²) in [5.41, 5.74) is 0.638. The number of likely N-dealkylation sites (tertiary alicyclic amines) is 1. The highest BCUT2D eigenvalue weighted by atomic mass is 32.1. The van der Waals surface area contributed by atoms with E-state index in [0.717, 1.165) is 23.4 Å². The van der Waals surface area contributed by atoms with Crippen LogP contribution in [0.15, 0.2) is 11.0 Å². The Kier molecular flexibility index (Phi) is 4.01. The van der Waals surface area contributed by atoms with E-state index >= 15 is 0 Å². The highest BCUT2D eigenvalue weighted by Crippen LogP contribution is 2.20. The molecule has 2 aromatic rings. The number of hydrogen-bond acceptors (Lipinski definition) is 5. The molecular formula is C15H19N3O3S. The van der Waals surface area contributed by atoms with Gasteiger partial charge in [-0.25, -0.2) is 4.98 Å². The lowest BCUT2D eigenvalue weighted by molar-refractivity contribution is 0.0618. The summed E-state index contributed by atoms with van der Waals surface area (Å²) < 4.78 is 1.51. The number of aromatic nitrogens is 2. The van der Waals surface area contributed by atoms with Crippen LogP contribution in [0.3, 0.4) is 0 Å². The molecule has 2 aromatic heterocycles. The third-order valence-electron chi connectivity index (χ3n) is 4.31. The molecule has 1 unspecified atom stereocenters. The Balaban J connectivity index is 1.99. The molecule has 0 radical (unpaired) electrons. The number of fused-ring (bicyclic) bond motifs is 1. The van der Waals surface area contributed by atoms with E-state index in [2.05, 4.69) is 4.98 Å². The van der Waals surface area contributed by atoms with Crippen LogP contribution in [-0.2, 0) is 0 Å². The predicted octanol–water partition coefficient (Wildman–Crippen LogP) is 1.22. The fraction of sp³-hybridized carbons (Fsp3) is 0.533. The van der Waals surface area contributed by atoms with E-state index in [0.29, 0.717) is 18.1 Å².